The van der Waals surface area contributed by atoms with Crippen molar-refractivity contribution in [1.82, 2.24) is 19.7 Å². The normalized spacial score (nSPS) is 17.6. The molecule has 3 heterocycles. The second-order valence-electron chi connectivity index (χ2n) is 7.72. The topological polar surface area (TPSA) is 97.2 Å². The number of carbonyl (C=O) groups is 1. The summed E-state index contributed by atoms with van der Waals surface area (Å²) < 4.78 is 68.8. The van der Waals surface area contributed by atoms with Crippen molar-refractivity contribution in [2.24, 2.45) is 13.0 Å². The standard InChI is InChI=1S/C19H24F3N5O3S/c1-12-10-14(4-7-23-12)24-18(28)27-8-5-13(6-9-27)19(2,22)31(29,30)15-11-26(3)25-16(15)17(20)21/h4,7,10-11,13,17H,5-6,8-9H2,1-3H3,(H,23,24,28)/t19-/m0/s1. The lowest BCUT2D eigenvalue weighted by molar-refractivity contribution is 0.116. The number of aryl methyl sites for hydroxylation is 2. The number of carbonyl (C=O) groups excluding carboxylic acids is 1. The van der Waals surface area contributed by atoms with Crippen LogP contribution >= 0.6 is 0 Å². The number of urea groups is 1. The van der Waals surface area contributed by atoms with Gasteiger partial charge in [-0.2, -0.15) is 5.10 Å². The summed E-state index contributed by atoms with van der Waals surface area (Å²) >= 11 is 0. The largest absolute Gasteiger partial charge is 0.325 e. The monoisotopic (exact) mass is 459 g/mol. The average molecular weight is 459 g/mol. The first-order valence-electron chi connectivity index (χ1n) is 9.67. The number of rotatable bonds is 5. The van der Waals surface area contributed by atoms with Gasteiger partial charge in [0, 0.05) is 49.8 Å². The van der Waals surface area contributed by atoms with Gasteiger partial charge in [0.2, 0.25) is 14.8 Å². The number of aromatic nitrogens is 3. The molecule has 0 aliphatic carbocycles. The molecule has 3 rings (SSSR count). The van der Waals surface area contributed by atoms with Gasteiger partial charge >= 0.3 is 6.03 Å². The molecule has 0 bridgehead atoms. The molecule has 1 N–H and O–H groups in total. The summed E-state index contributed by atoms with van der Waals surface area (Å²) in [6, 6.07) is 2.95. The number of hydrogen-bond donors (Lipinski definition) is 1. The van der Waals surface area contributed by atoms with Crippen molar-refractivity contribution in [2.75, 3.05) is 18.4 Å². The number of anilines is 1. The molecule has 1 saturated heterocycles. The van der Waals surface area contributed by atoms with Crippen LogP contribution in [0.25, 0.3) is 0 Å². The Morgan fingerprint density at radius 1 is 1.32 bits per heavy atom. The van der Waals surface area contributed by atoms with E-state index in [1.807, 2.05) is 0 Å². The van der Waals surface area contributed by atoms with Crippen LogP contribution in [0.2, 0.25) is 0 Å². The summed E-state index contributed by atoms with van der Waals surface area (Å²) in [7, 11) is -3.45. The van der Waals surface area contributed by atoms with Crippen molar-refractivity contribution < 1.29 is 26.4 Å². The van der Waals surface area contributed by atoms with Crippen molar-refractivity contribution in [3.63, 3.8) is 0 Å². The molecule has 0 unspecified atom stereocenters. The Labute approximate surface area is 178 Å². The minimum atomic E-state index is -4.74. The maximum atomic E-state index is 15.6. The quantitative estimate of drug-likeness (QED) is 0.739. The maximum Gasteiger partial charge on any atom is 0.321 e. The fourth-order valence-corrected chi connectivity index (χ4v) is 5.50. The van der Waals surface area contributed by atoms with Gasteiger partial charge in [0.1, 0.15) is 10.6 Å². The van der Waals surface area contributed by atoms with Gasteiger partial charge in [-0.15, -0.1) is 0 Å². The molecule has 12 heteroatoms. The molecule has 1 atom stereocenters. The van der Waals surface area contributed by atoms with E-state index in [4.69, 9.17) is 0 Å². The molecule has 31 heavy (non-hydrogen) atoms. The summed E-state index contributed by atoms with van der Waals surface area (Å²) in [6.07, 6.45) is -0.556. The number of alkyl halides is 3. The van der Waals surface area contributed by atoms with Gasteiger partial charge in [-0.25, -0.2) is 26.4 Å². The minimum Gasteiger partial charge on any atom is -0.325 e. The summed E-state index contributed by atoms with van der Waals surface area (Å²) in [5.41, 5.74) is 0.331. The number of nitrogens with one attached hydrogen (secondary N) is 1. The van der Waals surface area contributed by atoms with E-state index in [2.05, 4.69) is 15.4 Å². The van der Waals surface area contributed by atoms with E-state index >= 15 is 4.39 Å². The molecular weight excluding hydrogens is 435 g/mol. The molecular formula is C19H24F3N5O3S. The first-order valence-corrected chi connectivity index (χ1v) is 11.2. The third-order valence-electron chi connectivity index (χ3n) is 5.50. The van der Waals surface area contributed by atoms with E-state index in [-0.39, 0.29) is 32.0 Å². The lowest BCUT2D eigenvalue weighted by Gasteiger charge is -2.37. The summed E-state index contributed by atoms with van der Waals surface area (Å²) in [4.78, 5) is 17.2. The summed E-state index contributed by atoms with van der Waals surface area (Å²) in [6.45, 7) is 2.94. The molecule has 1 aliphatic heterocycles. The highest BCUT2D eigenvalue weighted by Crippen LogP contribution is 2.41. The van der Waals surface area contributed by atoms with Crippen LogP contribution in [-0.4, -0.2) is 52.2 Å². The lowest BCUT2D eigenvalue weighted by atomic mass is 9.92. The van der Waals surface area contributed by atoms with Crippen LogP contribution in [0.1, 0.15) is 37.6 Å². The van der Waals surface area contributed by atoms with Crippen molar-refractivity contribution >= 4 is 21.6 Å². The van der Waals surface area contributed by atoms with Gasteiger partial charge in [-0.1, -0.05) is 0 Å². The molecule has 0 saturated carbocycles. The van der Waals surface area contributed by atoms with E-state index in [1.165, 1.54) is 11.9 Å². The zero-order chi connectivity index (χ0) is 23.0. The number of piperidine rings is 1. The number of likely N-dealkylation sites (tertiary alicyclic amines) is 1. The Hall–Kier alpha value is -2.63. The number of nitrogens with zero attached hydrogens (tertiary/aromatic N) is 4. The van der Waals surface area contributed by atoms with E-state index in [0.29, 0.717) is 5.69 Å². The predicted molar refractivity (Wildman–Crippen MR) is 107 cm³/mol. The summed E-state index contributed by atoms with van der Waals surface area (Å²) in [5.74, 6) is -0.963. The second kappa shape index (κ2) is 8.48. The molecule has 8 nitrogen and oxygen atoms in total. The summed E-state index contributed by atoms with van der Waals surface area (Å²) in [5, 5.41) is 3.41. The van der Waals surface area contributed by atoms with Gasteiger partial charge in [-0.05, 0) is 38.8 Å². The average Bonchev–Trinajstić information content (AvgIpc) is 3.11. The zero-order valence-electron chi connectivity index (χ0n) is 17.3. The van der Waals surface area contributed by atoms with Crippen molar-refractivity contribution in [2.45, 2.75) is 43.0 Å². The lowest BCUT2D eigenvalue weighted by Crippen LogP contribution is -2.48. The highest BCUT2D eigenvalue weighted by Gasteiger charge is 2.50. The number of hydrogen-bond acceptors (Lipinski definition) is 5. The van der Waals surface area contributed by atoms with E-state index in [0.717, 1.165) is 23.5 Å². The molecule has 0 spiro atoms. The maximum absolute atomic E-state index is 15.6. The van der Waals surface area contributed by atoms with Crippen molar-refractivity contribution in [3.8, 4) is 0 Å². The molecule has 2 aromatic rings. The third kappa shape index (κ3) is 4.53. The van der Waals surface area contributed by atoms with E-state index < -0.39 is 37.8 Å². The van der Waals surface area contributed by atoms with E-state index in [1.54, 1.807) is 25.3 Å². The number of sulfone groups is 1. The fraction of sp³-hybridized carbons (Fsp3) is 0.526. The van der Waals surface area contributed by atoms with E-state index in [9.17, 15) is 22.0 Å². The Kier molecular flexibility index (Phi) is 6.30. The molecule has 2 aromatic heterocycles. The number of halogens is 3. The highest BCUT2D eigenvalue weighted by molar-refractivity contribution is 7.92. The molecule has 1 aliphatic rings. The van der Waals surface area contributed by atoms with Crippen LogP contribution in [-0.2, 0) is 16.9 Å². The van der Waals surface area contributed by atoms with Crippen molar-refractivity contribution in [1.29, 1.82) is 0 Å². The zero-order valence-corrected chi connectivity index (χ0v) is 18.2. The molecule has 2 amide bonds. The van der Waals surface area contributed by atoms with Gasteiger partial charge in [-0.3, -0.25) is 9.67 Å². The van der Waals surface area contributed by atoms with Crippen LogP contribution in [0.3, 0.4) is 0 Å². The number of pyridine rings is 1. The second-order valence-corrected chi connectivity index (χ2v) is 9.96. The third-order valence-corrected chi connectivity index (χ3v) is 7.78. The molecule has 0 aromatic carbocycles. The highest BCUT2D eigenvalue weighted by atomic mass is 32.2. The van der Waals surface area contributed by atoms with Crippen molar-refractivity contribution in [3.05, 3.63) is 35.9 Å². The smallest absolute Gasteiger partial charge is 0.321 e. The fourth-order valence-electron chi connectivity index (χ4n) is 3.70. The van der Waals surface area contributed by atoms with Crippen LogP contribution in [0.4, 0.5) is 23.7 Å². The Balaban J connectivity index is 1.71. The van der Waals surface area contributed by atoms with Crippen LogP contribution < -0.4 is 5.32 Å². The molecule has 1 fully saturated rings. The Morgan fingerprint density at radius 2 is 1.97 bits per heavy atom. The van der Waals surface area contributed by atoms with Gasteiger partial charge in [0.05, 0.1) is 0 Å². The molecule has 0 radical (unpaired) electrons. The predicted octanol–water partition coefficient (Wildman–Crippen LogP) is 3.46. The Bertz CT molecular complexity index is 1060. The van der Waals surface area contributed by atoms with Gasteiger partial charge in [0.25, 0.3) is 6.43 Å². The number of amides is 2. The minimum absolute atomic E-state index is 0.0687. The Morgan fingerprint density at radius 3 is 2.55 bits per heavy atom. The van der Waals surface area contributed by atoms with Crippen LogP contribution in [0.5, 0.6) is 0 Å². The van der Waals surface area contributed by atoms with Crippen LogP contribution in [0.15, 0.2) is 29.4 Å². The van der Waals surface area contributed by atoms with Gasteiger partial charge < -0.3 is 10.2 Å². The first kappa shape index (κ1) is 23.0. The SMILES string of the molecule is Cc1cc(NC(=O)N2CCC([C@@](C)(F)S(=O)(=O)c3cn(C)nc3C(F)F)CC2)ccn1. The van der Waals surface area contributed by atoms with Crippen LogP contribution in [0, 0.1) is 12.8 Å². The molecule has 170 valence electrons. The first-order chi connectivity index (χ1) is 14.4. The van der Waals surface area contributed by atoms with Gasteiger partial charge in [0.15, 0.2) is 0 Å².